The smallest absolute Gasteiger partial charge is 0.306 e. The molecule has 27 heavy (non-hydrogen) atoms. The number of fused-ring (bicyclic) bond motifs is 1. The maximum atomic E-state index is 11.0. The summed E-state index contributed by atoms with van der Waals surface area (Å²) in [5, 5.41) is 9.59. The first-order chi connectivity index (χ1) is 13.0. The molecule has 0 aromatic heterocycles. The quantitative estimate of drug-likeness (QED) is 0.728. The van der Waals surface area contributed by atoms with Gasteiger partial charge in [0.1, 0.15) is 19.0 Å². The number of rotatable bonds is 8. The minimum atomic E-state index is -0.899. The van der Waals surface area contributed by atoms with Gasteiger partial charge >= 0.3 is 5.97 Å². The molecular formula is C20H21ClO6. The van der Waals surface area contributed by atoms with Gasteiger partial charge in [-0.15, -0.1) is 0 Å². The van der Waals surface area contributed by atoms with E-state index in [1.807, 2.05) is 19.1 Å². The number of hydrogen-bond donors (Lipinski definition) is 1. The Balaban J connectivity index is 1.56. The Morgan fingerprint density at radius 3 is 2.74 bits per heavy atom. The van der Waals surface area contributed by atoms with Crippen LogP contribution in [0.2, 0.25) is 5.02 Å². The summed E-state index contributed by atoms with van der Waals surface area (Å²) in [6.07, 6.45) is -0.805. The van der Waals surface area contributed by atoms with Crippen molar-refractivity contribution in [2.45, 2.75) is 25.6 Å². The minimum Gasteiger partial charge on any atom is -0.490 e. The van der Waals surface area contributed by atoms with E-state index >= 15 is 0 Å². The lowest BCUT2D eigenvalue weighted by Gasteiger charge is -2.26. The second-order valence-electron chi connectivity index (χ2n) is 6.06. The molecule has 0 aliphatic carbocycles. The Bertz CT molecular complexity index is 777. The predicted octanol–water partition coefficient (Wildman–Crippen LogP) is 4.11. The summed E-state index contributed by atoms with van der Waals surface area (Å²) in [6, 6.07) is 12.4. The molecule has 0 fully saturated rings. The Hall–Kier alpha value is -2.44. The van der Waals surface area contributed by atoms with Gasteiger partial charge in [-0.3, -0.25) is 4.79 Å². The van der Waals surface area contributed by atoms with Crippen LogP contribution in [0, 0.1) is 0 Å². The molecule has 2 aromatic carbocycles. The van der Waals surface area contributed by atoms with Crippen LogP contribution < -0.4 is 14.2 Å². The van der Waals surface area contributed by atoms with Crippen molar-refractivity contribution in [3.63, 3.8) is 0 Å². The minimum absolute atomic E-state index is 0.0801. The van der Waals surface area contributed by atoms with Crippen molar-refractivity contribution < 1.29 is 28.8 Å². The van der Waals surface area contributed by atoms with Crippen molar-refractivity contribution in [3.05, 3.63) is 53.1 Å². The molecule has 0 amide bonds. The molecule has 0 saturated carbocycles. The first-order valence-corrected chi connectivity index (χ1v) is 9.08. The van der Waals surface area contributed by atoms with Gasteiger partial charge in [-0.05, 0) is 36.8 Å². The van der Waals surface area contributed by atoms with Crippen molar-refractivity contribution in [1.82, 2.24) is 0 Å². The molecule has 144 valence electrons. The second-order valence-corrected chi connectivity index (χ2v) is 6.50. The van der Waals surface area contributed by atoms with Crippen LogP contribution in [-0.4, -0.2) is 37.0 Å². The van der Waals surface area contributed by atoms with Crippen LogP contribution in [0.4, 0.5) is 0 Å². The van der Waals surface area contributed by atoms with Gasteiger partial charge in [0.15, 0.2) is 17.6 Å². The van der Waals surface area contributed by atoms with Crippen LogP contribution in [0.3, 0.4) is 0 Å². The zero-order valence-corrected chi connectivity index (χ0v) is 15.6. The third-order valence-electron chi connectivity index (χ3n) is 4.04. The van der Waals surface area contributed by atoms with Crippen molar-refractivity contribution >= 4 is 17.6 Å². The topological polar surface area (TPSA) is 74.2 Å². The third-order valence-corrected chi connectivity index (χ3v) is 4.27. The van der Waals surface area contributed by atoms with E-state index < -0.39 is 12.1 Å². The first-order valence-electron chi connectivity index (χ1n) is 8.70. The second kappa shape index (κ2) is 8.97. The van der Waals surface area contributed by atoms with Gasteiger partial charge in [0, 0.05) is 17.7 Å². The average molecular weight is 393 g/mol. The van der Waals surface area contributed by atoms with E-state index in [1.165, 1.54) is 0 Å². The fourth-order valence-corrected chi connectivity index (χ4v) is 2.93. The molecule has 1 unspecified atom stereocenters. The molecule has 0 saturated heterocycles. The highest BCUT2D eigenvalue weighted by Gasteiger charge is 2.22. The Labute approximate surface area is 162 Å². The lowest BCUT2D eigenvalue weighted by molar-refractivity contribution is -0.140. The van der Waals surface area contributed by atoms with Crippen molar-refractivity contribution in [2.75, 3.05) is 19.8 Å². The van der Waals surface area contributed by atoms with Gasteiger partial charge in [0.25, 0.3) is 0 Å². The summed E-state index contributed by atoms with van der Waals surface area (Å²) in [6.45, 7) is 2.98. The molecular weight excluding hydrogens is 372 g/mol. The predicted molar refractivity (Wildman–Crippen MR) is 99.9 cm³/mol. The maximum absolute atomic E-state index is 11.0. The molecule has 1 heterocycles. The lowest BCUT2D eigenvalue weighted by Crippen LogP contribution is -2.34. The Kier molecular flexibility index (Phi) is 6.42. The van der Waals surface area contributed by atoms with Crippen molar-refractivity contribution in [3.8, 4) is 17.2 Å². The molecule has 1 N–H and O–H groups in total. The van der Waals surface area contributed by atoms with Crippen LogP contribution in [0.1, 0.15) is 25.0 Å². The number of ether oxygens (including phenoxy) is 4. The molecule has 3 rings (SSSR count). The van der Waals surface area contributed by atoms with E-state index in [2.05, 4.69) is 0 Å². The molecule has 0 bridgehead atoms. The lowest BCUT2D eigenvalue weighted by atomic mass is 10.1. The molecule has 0 radical (unpaired) electrons. The zero-order chi connectivity index (χ0) is 19.2. The summed E-state index contributed by atoms with van der Waals surface area (Å²) >= 11 is 5.98. The van der Waals surface area contributed by atoms with E-state index in [0.29, 0.717) is 42.1 Å². The van der Waals surface area contributed by atoms with Gasteiger partial charge in [-0.2, -0.15) is 0 Å². The molecule has 0 spiro atoms. The standard InChI is InChI=1S/C20H21ClO6/c1-2-24-18(10-20(22)23)13-3-6-15(7-4-13)25-11-16-12-26-17-8-5-14(21)9-19(17)27-16/h3-9,16,18H,2,10-12H2,1H3,(H,22,23)/t16-,18?/m0/s1. The monoisotopic (exact) mass is 392 g/mol. The van der Waals surface area contributed by atoms with Crippen molar-refractivity contribution in [2.24, 2.45) is 0 Å². The van der Waals surface area contributed by atoms with E-state index in [4.69, 9.17) is 35.7 Å². The summed E-state index contributed by atoms with van der Waals surface area (Å²) in [5.74, 6) is 1.03. The van der Waals surface area contributed by atoms with Gasteiger partial charge in [0.2, 0.25) is 0 Å². The number of carboxylic acid groups (broad SMARTS) is 1. The van der Waals surface area contributed by atoms with E-state index in [-0.39, 0.29) is 12.5 Å². The van der Waals surface area contributed by atoms with Gasteiger partial charge in [0.05, 0.1) is 12.5 Å². The summed E-state index contributed by atoms with van der Waals surface area (Å²) < 4.78 is 22.8. The maximum Gasteiger partial charge on any atom is 0.306 e. The SMILES string of the molecule is CCOC(CC(=O)O)c1ccc(OC[C@H]2COc3ccc(Cl)cc3O2)cc1. The Morgan fingerprint density at radius 1 is 1.26 bits per heavy atom. The third kappa shape index (κ3) is 5.28. The fourth-order valence-electron chi connectivity index (χ4n) is 2.77. The highest BCUT2D eigenvalue weighted by Crippen LogP contribution is 2.34. The number of hydrogen-bond acceptors (Lipinski definition) is 5. The van der Waals surface area contributed by atoms with Crippen LogP contribution in [0.15, 0.2) is 42.5 Å². The molecule has 6 nitrogen and oxygen atoms in total. The van der Waals surface area contributed by atoms with E-state index in [9.17, 15) is 4.79 Å². The number of aliphatic carboxylic acids is 1. The molecule has 1 aliphatic rings. The number of carboxylic acids is 1. The van der Waals surface area contributed by atoms with Crippen molar-refractivity contribution in [1.29, 1.82) is 0 Å². The van der Waals surface area contributed by atoms with Gasteiger partial charge < -0.3 is 24.1 Å². The van der Waals surface area contributed by atoms with Crippen LogP contribution in [-0.2, 0) is 9.53 Å². The largest absolute Gasteiger partial charge is 0.490 e. The van der Waals surface area contributed by atoms with Crippen LogP contribution in [0.25, 0.3) is 0 Å². The van der Waals surface area contributed by atoms with E-state index in [0.717, 1.165) is 5.56 Å². The molecule has 2 aromatic rings. The fraction of sp³-hybridized carbons (Fsp3) is 0.350. The van der Waals surface area contributed by atoms with Gasteiger partial charge in [-0.25, -0.2) is 0 Å². The number of benzene rings is 2. The highest BCUT2D eigenvalue weighted by atomic mass is 35.5. The van der Waals surface area contributed by atoms with E-state index in [1.54, 1.807) is 30.3 Å². The summed E-state index contributed by atoms with van der Waals surface area (Å²) in [4.78, 5) is 11.0. The molecule has 1 aliphatic heterocycles. The van der Waals surface area contributed by atoms with Crippen LogP contribution >= 0.6 is 11.6 Å². The normalized spacial score (nSPS) is 16.6. The summed E-state index contributed by atoms with van der Waals surface area (Å²) in [7, 11) is 0. The zero-order valence-electron chi connectivity index (χ0n) is 14.9. The first kappa shape index (κ1) is 19.3. The Morgan fingerprint density at radius 2 is 2.04 bits per heavy atom. The highest BCUT2D eigenvalue weighted by molar-refractivity contribution is 6.30. The molecule has 2 atom stereocenters. The summed E-state index contributed by atoms with van der Waals surface area (Å²) in [5.41, 5.74) is 0.799. The number of halogens is 1. The van der Waals surface area contributed by atoms with Crippen LogP contribution in [0.5, 0.6) is 17.2 Å². The number of carbonyl (C=O) groups is 1. The average Bonchev–Trinajstić information content (AvgIpc) is 2.66. The van der Waals surface area contributed by atoms with Gasteiger partial charge in [-0.1, -0.05) is 23.7 Å². The molecule has 7 heteroatoms.